The summed E-state index contributed by atoms with van der Waals surface area (Å²) in [6.45, 7) is 2.67. The topological polar surface area (TPSA) is 48.3 Å². The van der Waals surface area contributed by atoms with E-state index in [1.54, 1.807) is 24.7 Å². The summed E-state index contributed by atoms with van der Waals surface area (Å²) in [4.78, 5) is 4.17. The third kappa shape index (κ3) is 5.08. The number of nitrogens with one attached hydrogen (secondary N) is 1. The van der Waals surface area contributed by atoms with Crippen molar-refractivity contribution in [2.75, 3.05) is 0 Å². The zero-order chi connectivity index (χ0) is 24.1. The van der Waals surface area contributed by atoms with E-state index in [1.807, 2.05) is 41.1 Å². The van der Waals surface area contributed by atoms with Crippen LogP contribution in [0.4, 0.5) is 4.39 Å². The minimum atomic E-state index is -0.692. The minimum Gasteiger partial charge on any atom is -0.451 e. The molecule has 0 saturated heterocycles. The van der Waals surface area contributed by atoms with Gasteiger partial charge in [0.15, 0.2) is 11.5 Å². The van der Waals surface area contributed by atoms with Gasteiger partial charge in [-0.2, -0.15) is 0 Å². The maximum atomic E-state index is 14.5. The number of imidazole rings is 1. The summed E-state index contributed by atoms with van der Waals surface area (Å²) in [5, 5.41) is 3.73. The Kier molecular flexibility index (Phi) is 6.82. The van der Waals surface area contributed by atoms with E-state index >= 15 is 0 Å². The van der Waals surface area contributed by atoms with Crippen LogP contribution in [0.3, 0.4) is 0 Å². The van der Waals surface area contributed by atoms with Crippen LogP contribution in [0, 0.1) is 5.82 Å². The lowest BCUT2D eigenvalue weighted by Crippen LogP contribution is -2.46. The average molecular weight is 472 g/mol. The first-order chi connectivity index (χ1) is 17.2. The van der Waals surface area contributed by atoms with E-state index in [1.165, 1.54) is 6.07 Å². The molecule has 1 aromatic heterocycles. The third-order valence-electron chi connectivity index (χ3n) is 6.49. The molecule has 0 saturated carbocycles. The van der Waals surface area contributed by atoms with Crippen LogP contribution in [-0.4, -0.2) is 15.8 Å². The van der Waals surface area contributed by atoms with E-state index in [0.717, 1.165) is 47.5 Å². The standard InChI is InChI=1S/C29H30FN3O2/c1-2-3-12-28-34-26-14-13-22(17-27(26)35-28)19-29(23-8-5-4-6-9-23,24-10-7-11-25(30)18-24)32-21-33-16-15-31-20-33/h4-11,13-18,20,28,32H,2-3,12,19,21H2,1H3. The molecule has 1 aliphatic rings. The highest BCUT2D eigenvalue weighted by Gasteiger charge is 2.35. The fourth-order valence-electron chi connectivity index (χ4n) is 4.67. The molecule has 5 rings (SSSR count). The summed E-state index contributed by atoms with van der Waals surface area (Å²) in [6, 6.07) is 23.1. The van der Waals surface area contributed by atoms with Gasteiger partial charge in [-0.3, -0.25) is 5.32 Å². The molecule has 180 valence electrons. The second-order valence-corrected chi connectivity index (χ2v) is 8.96. The SMILES string of the molecule is CCCCC1Oc2ccc(CC(NCn3ccnc3)(c3ccccc3)c3cccc(F)c3)cc2O1. The first-order valence-corrected chi connectivity index (χ1v) is 12.1. The Morgan fingerprint density at radius 2 is 1.80 bits per heavy atom. The molecule has 1 aliphatic heterocycles. The largest absolute Gasteiger partial charge is 0.451 e. The Morgan fingerprint density at radius 3 is 2.57 bits per heavy atom. The van der Waals surface area contributed by atoms with Crippen LogP contribution in [0.2, 0.25) is 0 Å². The monoisotopic (exact) mass is 471 g/mol. The molecule has 6 heteroatoms. The van der Waals surface area contributed by atoms with Crippen molar-refractivity contribution in [3.05, 3.63) is 114 Å². The van der Waals surface area contributed by atoms with Gasteiger partial charge in [0.1, 0.15) is 5.82 Å². The molecule has 0 aliphatic carbocycles. The van der Waals surface area contributed by atoms with Crippen molar-refractivity contribution in [2.45, 2.75) is 51.1 Å². The molecule has 3 aromatic carbocycles. The summed E-state index contributed by atoms with van der Waals surface area (Å²) in [6.07, 6.45) is 8.80. The van der Waals surface area contributed by atoms with E-state index in [2.05, 4.69) is 41.5 Å². The van der Waals surface area contributed by atoms with Crippen molar-refractivity contribution in [3.8, 4) is 11.5 Å². The number of nitrogens with zero attached hydrogens (tertiary/aromatic N) is 2. The molecule has 4 aromatic rings. The van der Waals surface area contributed by atoms with Crippen molar-refractivity contribution in [2.24, 2.45) is 0 Å². The van der Waals surface area contributed by atoms with Gasteiger partial charge >= 0.3 is 0 Å². The number of ether oxygens (including phenoxy) is 2. The molecule has 0 amide bonds. The van der Waals surface area contributed by atoms with Gasteiger partial charge in [-0.1, -0.05) is 61.9 Å². The van der Waals surface area contributed by atoms with Crippen molar-refractivity contribution >= 4 is 0 Å². The summed E-state index contributed by atoms with van der Waals surface area (Å²) < 4.78 is 28.6. The Labute approximate surface area is 205 Å². The highest BCUT2D eigenvalue weighted by Crippen LogP contribution is 2.40. The Hall–Kier alpha value is -3.64. The van der Waals surface area contributed by atoms with E-state index in [0.29, 0.717) is 13.1 Å². The molecule has 2 atom stereocenters. The van der Waals surface area contributed by atoms with Crippen LogP contribution in [0.1, 0.15) is 42.9 Å². The number of rotatable bonds is 10. The molecule has 35 heavy (non-hydrogen) atoms. The zero-order valence-corrected chi connectivity index (χ0v) is 19.9. The molecule has 1 N–H and O–H groups in total. The van der Waals surface area contributed by atoms with Gasteiger partial charge < -0.3 is 14.0 Å². The predicted molar refractivity (Wildman–Crippen MR) is 134 cm³/mol. The van der Waals surface area contributed by atoms with Crippen LogP contribution in [0.15, 0.2) is 91.5 Å². The second-order valence-electron chi connectivity index (χ2n) is 8.96. The van der Waals surface area contributed by atoms with Gasteiger partial charge in [-0.05, 0) is 53.8 Å². The zero-order valence-electron chi connectivity index (χ0n) is 19.9. The molecule has 0 fully saturated rings. The van der Waals surface area contributed by atoms with Gasteiger partial charge in [0.2, 0.25) is 6.29 Å². The number of benzene rings is 3. The highest BCUT2D eigenvalue weighted by atomic mass is 19.1. The molecular weight excluding hydrogens is 441 g/mol. The quantitative estimate of drug-likeness (QED) is 0.306. The maximum absolute atomic E-state index is 14.5. The van der Waals surface area contributed by atoms with Crippen molar-refractivity contribution in [3.63, 3.8) is 0 Å². The lowest BCUT2D eigenvalue weighted by Gasteiger charge is -2.37. The average Bonchev–Trinajstić information content (AvgIpc) is 3.55. The van der Waals surface area contributed by atoms with Crippen LogP contribution >= 0.6 is 0 Å². The predicted octanol–water partition coefficient (Wildman–Crippen LogP) is 6.04. The van der Waals surface area contributed by atoms with Crippen LogP contribution in [0.5, 0.6) is 11.5 Å². The number of aromatic nitrogens is 2. The van der Waals surface area contributed by atoms with Crippen LogP contribution in [0.25, 0.3) is 0 Å². The number of fused-ring (bicyclic) bond motifs is 1. The molecule has 0 spiro atoms. The Morgan fingerprint density at radius 1 is 0.971 bits per heavy atom. The fourth-order valence-corrected chi connectivity index (χ4v) is 4.67. The summed E-state index contributed by atoms with van der Waals surface area (Å²) in [5.74, 6) is 1.27. The summed E-state index contributed by atoms with van der Waals surface area (Å²) in [7, 11) is 0. The van der Waals surface area contributed by atoms with E-state index in [-0.39, 0.29) is 12.1 Å². The van der Waals surface area contributed by atoms with Gasteiger partial charge in [-0.25, -0.2) is 9.37 Å². The van der Waals surface area contributed by atoms with Crippen LogP contribution in [-0.2, 0) is 18.6 Å². The summed E-state index contributed by atoms with van der Waals surface area (Å²) >= 11 is 0. The van der Waals surface area contributed by atoms with E-state index in [4.69, 9.17) is 9.47 Å². The first-order valence-electron chi connectivity index (χ1n) is 12.1. The number of halogens is 1. The number of unbranched alkanes of at least 4 members (excludes halogenated alkanes) is 1. The number of hydrogen-bond acceptors (Lipinski definition) is 4. The van der Waals surface area contributed by atoms with Gasteiger partial charge in [0.05, 0.1) is 18.5 Å². The minimum absolute atomic E-state index is 0.235. The lowest BCUT2D eigenvalue weighted by atomic mass is 9.78. The van der Waals surface area contributed by atoms with Gasteiger partial charge in [0.25, 0.3) is 0 Å². The fraction of sp³-hybridized carbons (Fsp3) is 0.276. The molecule has 2 unspecified atom stereocenters. The molecule has 0 bridgehead atoms. The molecule has 2 heterocycles. The van der Waals surface area contributed by atoms with Crippen molar-refractivity contribution in [1.82, 2.24) is 14.9 Å². The third-order valence-corrected chi connectivity index (χ3v) is 6.49. The smallest absolute Gasteiger partial charge is 0.241 e. The lowest BCUT2D eigenvalue weighted by molar-refractivity contribution is 0.0400. The molecule has 0 radical (unpaired) electrons. The molecular formula is C29H30FN3O2. The van der Waals surface area contributed by atoms with Crippen molar-refractivity contribution in [1.29, 1.82) is 0 Å². The maximum Gasteiger partial charge on any atom is 0.241 e. The van der Waals surface area contributed by atoms with Crippen molar-refractivity contribution < 1.29 is 13.9 Å². The van der Waals surface area contributed by atoms with Gasteiger partial charge in [0, 0.05) is 18.8 Å². The highest BCUT2D eigenvalue weighted by molar-refractivity contribution is 5.48. The van der Waals surface area contributed by atoms with Gasteiger partial charge in [-0.15, -0.1) is 0 Å². The first kappa shape index (κ1) is 23.1. The number of hydrogen-bond donors (Lipinski definition) is 1. The normalized spacial score (nSPS) is 16.2. The molecule has 5 nitrogen and oxygen atoms in total. The van der Waals surface area contributed by atoms with E-state index < -0.39 is 5.54 Å². The Bertz CT molecular complexity index is 1250. The van der Waals surface area contributed by atoms with Crippen LogP contribution < -0.4 is 14.8 Å². The Balaban J connectivity index is 1.53. The van der Waals surface area contributed by atoms with E-state index in [9.17, 15) is 4.39 Å². The summed E-state index contributed by atoms with van der Waals surface area (Å²) in [5.41, 5.74) is 2.27. The second kappa shape index (κ2) is 10.3.